The number of carbonyl (C=O) groups is 1. The van der Waals surface area contributed by atoms with Crippen molar-refractivity contribution in [3.05, 3.63) is 101 Å². The Morgan fingerprint density at radius 2 is 1.65 bits per heavy atom. The van der Waals surface area contributed by atoms with Gasteiger partial charge in [-0.3, -0.25) is 4.79 Å². The molecular formula is C30H28N4O3. The number of hydrogen-bond acceptors (Lipinski definition) is 6. The van der Waals surface area contributed by atoms with E-state index in [1.807, 2.05) is 90.5 Å². The first-order valence-electron chi connectivity index (χ1n) is 12.7. The molecule has 1 N–H and O–H groups in total. The molecule has 6 rings (SSSR count). The standard InChI is InChI=1S/C30H28N4O3/c1-2-36-23-17-13-22(14-18-23)29-32-30-31-25-9-6-10-26(35)27(25)28(34(30)33-29)21-11-15-24(16-12-21)37-19-20-7-4-3-5-8-20/h3-5,7-8,11-18,28H,2,6,9-10,19H2,1H3,(H,31,32,33). The zero-order chi connectivity index (χ0) is 25.2. The Kier molecular flexibility index (Phi) is 6.18. The molecule has 7 nitrogen and oxygen atoms in total. The fraction of sp³-hybridized carbons (Fsp3) is 0.233. The van der Waals surface area contributed by atoms with E-state index in [9.17, 15) is 4.79 Å². The van der Waals surface area contributed by atoms with Gasteiger partial charge in [0.15, 0.2) is 11.6 Å². The largest absolute Gasteiger partial charge is 0.494 e. The van der Waals surface area contributed by atoms with Crippen LogP contribution in [0, 0.1) is 0 Å². The topological polar surface area (TPSA) is 78.3 Å². The van der Waals surface area contributed by atoms with Gasteiger partial charge >= 0.3 is 0 Å². The van der Waals surface area contributed by atoms with Gasteiger partial charge in [-0.15, -0.1) is 5.10 Å². The Balaban J connectivity index is 1.32. The Morgan fingerprint density at radius 3 is 2.41 bits per heavy atom. The molecular weight excluding hydrogens is 464 g/mol. The molecule has 1 aliphatic heterocycles. The van der Waals surface area contributed by atoms with Crippen LogP contribution in [0.2, 0.25) is 0 Å². The van der Waals surface area contributed by atoms with E-state index in [1.165, 1.54) is 0 Å². The maximum atomic E-state index is 13.1. The molecule has 0 saturated heterocycles. The van der Waals surface area contributed by atoms with Crippen molar-refractivity contribution in [2.45, 2.75) is 38.8 Å². The fourth-order valence-electron chi connectivity index (χ4n) is 4.94. The number of carbonyl (C=O) groups excluding carboxylic acids is 1. The van der Waals surface area contributed by atoms with E-state index in [4.69, 9.17) is 19.6 Å². The number of rotatable bonds is 7. The lowest BCUT2D eigenvalue weighted by molar-refractivity contribution is -0.116. The summed E-state index contributed by atoms with van der Waals surface area (Å²) in [5.74, 6) is 2.99. The third kappa shape index (κ3) is 4.60. The van der Waals surface area contributed by atoms with Crippen molar-refractivity contribution in [1.29, 1.82) is 0 Å². The third-order valence-corrected chi connectivity index (χ3v) is 6.74. The zero-order valence-electron chi connectivity index (χ0n) is 20.7. The Labute approximate surface area is 215 Å². The molecule has 0 fully saturated rings. The van der Waals surface area contributed by atoms with Gasteiger partial charge in [0, 0.05) is 23.3 Å². The van der Waals surface area contributed by atoms with Crippen LogP contribution < -0.4 is 14.8 Å². The molecule has 0 saturated carbocycles. The average molecular weight is 493 g/mol. The van der Waals surface area contributed by atoms with Gasteiger partial charge in [-0.25, -0.2) is 4.68 Å². The summed E-state index contributed by atoms with van der Waals surface area (Å²) in [6, 6.07) is 25.4. The summed E-state index contributed by atoms with van der Waals surface area (Å²) >= 11 is 0. The number of ketones is 1. The molecule has 186 valence electrons. The van der Waals surface area contributed by atoms with Gasteiger partial charge in [0.05, 0.1) is 6.61 Å². The minimum absolute atomic E-state index is 0.159. The smallest absolute Gasteiger partial charge is 0.226 e. The van der Waals surface area contributed by atoms with E-state index in [0.29, 0.717) is 31.4 Å². The highest BCUT2D eigenvalue weighted by molar-refractivity contribution is 5.99. The van der Waals surface area contributed by atoms with Gasteiger partial charge < -0.3 is 14.8 Å². The van der Waals surface area contributed by atoms with Crippen LogP contribution in [0.4, 0.5) is 5.95 Å². The minimum Gasteiger partial charge on any atom is -0.494 e. The van der Waals surface area contributed by atoms with Crippen LogP contribution >= 0.6 is 0 Å². The second-order valence-corrected chi connectivity index (χ2v) is 9.20. The van der Waals surface area contributed by atoms with Crippen molar-refractivity contribution in [2.75, 3.05) is 11.9 Å². The number of benzene rings is 3. The van der Waals surface area contributed by atoms with Crippen molar-refractivity contribution in [1.82, 2.24) is 14.8 Å². The van der Waals surface area contributed by atoms with Crippen LogP contribution in [0.5, 0.6) is 11.5 Å². The molecule has 1 aromatic heterocycles. The number of nitrogens with one attached hydrogen (secondary N) is 1. The van der Waals surface area contributed by atoms with Gasteiger partial charge in [-0.05, 0) is 67.3 Å². The monoisotopic (exact) mass is 492 g/mol. The van der Waals surface area contributed by atoms with Crippen molar-refractivity contribution in [2.24, 2.45) is 0 Å². The van der Waals surface area contributed by atoms with E-state index in [1.54, 1.807) is 0 Å². The lowest BCUT2D eigenvalue weighted by Crippen LogP contribution is -2.31. The van der Waals surface area contributed by atoms with Crippen molar-refractivity contribution in [3.8, 4) is 22.9 Å². The van der Waals surface area contributed by atoms with E-state index in [0.717, 1.165) is 52.3 Å². The first-order valence-corrected chi connectivity index (χ1v) is 12.7. The maximum Gasteiger partial charge on any atom is 0.226 e. The number of Topliss-reactive ketones (excluding diaryl/α,β-unsaturated/α-hetero) is 1. The second kappa shape index (κ2) is 9.93. The third-order valence-electron chi connectivity index (χ3n) is 6.74. The van der Waals surface area contributed by atoms with Crippen LogP contribution in [-0.2, 0) is 11.4 Å². The van der Waals surface area contributed by atoms with Gasteiger partial charge in [0.2, 0.25) is 5.95 Å². The van der Waals surface area contributed by atoms with Crippen LogP contribution in [-0.4, -0.2) is 27.2 Å². The lowest BCUT2D eigenvalue weighted by Gasteiger charge is -2.32. The lowest BCUT2D eigenvalue weighted by atomic mass is 9.85. The predicted molar refractivity (Wildman–Crippen MR) is 141 cm³/mol. The van der Waals surface area contributed by atoms with E-state index < -0.39 is 0 Å². The summed E-state index contributed by atoms with van der Waals surface area (Å²) in [7, 11) is 0. The van der Waals surface area contributed by atoms with Crippen molar-refractivity contribution < 1.29 is 14.3 Å². The van der Waals surface area contributed by atoms with E-state index >= 15 is 0 Å². The van der Waals surface area contributed by atoms with Crippen molar-refractivity contribution in [3.63, 3.8) is 0 Å². The average Bonchev–Trinajstić information content (AvgIpc) is 3.36. The molecule has 4 aromatic rings. The van der Waals surface area contributed by atoms with E-state index in [2.05, 4.69) is 5.32 Å². The Bertz CT molecular complexity index is 1440. The predicted octanol–water partition coefficient (Wildman–Crippen LogP) is 5.94. The molecule has 0 spiro atoms. The molecule has 3 aromatic carbocycles. The van der Waals surface area contributed by atoms with Crippen LogP contribution in [0.1, 0.15) is 43.4 Å². The van der Waals surface area contributed by atoms with Crippen molar-refractivity contribution >= 4 is 11.7 Å². The minimum atomic E-state index is -0.342. The summed E-state index contributed by atoms with van der Waals surface area (Å²) in [6.07, 6.45) is 2.20. The molecule has 1 unspecified atom stereocenters. The highest BCUT2D eigenvalue weighted by Crippen LogP contribution is 2.41. The molecule has 0 bridgehead atoms. The number of hydrogen-bond donors (Lipinski definition) is 1. The molecule has 1 aliphatic carbocycles. The number of nitrogens with zero attached hydrogens (tertiary/aromatic N) is 3. The summed E-state index contributed by atoms with van der Waals surface area (Å²) in [5.41, 5.74) is 4.70. The molecule has 0 amide bonds. The summed E-state index contributed by atoms with van der Waals surface area (Å²) in [6.45, 7) is 3.08. The number of allylic oxidation sites excluding steroid dienone is 2. The highest BCUT2D eigenvalue weighted by Gasteiger charge is 2.36. The SMILES string of the molecule is CCOc1ccc(-c2nc3n(n2)C(c2ccc(OCc4ccccc4)cc2)C2=C(CCCC2=O)N3)cc1. The first-order chi connectivity index (χ1) is 18.2. The Hall–Kier alpha value is -4.39. The number of ether oxygens (including phenoxy) is 2. The van der Waals surface area contributed by atoms with Crippen LogP contribution in [0.25, 0.3) is 11.4 Å². The molecule has 1 atom stereocenters. The normalized spacial score (nSPS) is 16.6. The number of aromatic nitrogens is 3. The van der Waals surface area contributed by atoms with Gasteiger partial charge in [0.1, 0.15) is 24.1 Å². The highest BCUT2D eigenvalue weighted by atomic mass is 16.5. The summed E-state index contributed by atoms with van der Waals surface area (Å²) < 4.78 is 13.4. The quantitative estimate of drug-likeness (QED) is 0.344. The molecule has 0 radical (unpaired) electrons. The molecule has 7 heteroatoms. The zero-order valence-corrected chi connectivity index (χ0v) is 20.7. The maximum absolute atomic E-state index is 13.1. The molecule has 37 heavy (non-hydrogen) atoms. The summed E-state index contributed by atoms with van der Waals surface area (Å²) in [4.78, 5) is 17.9. The van der Waals surface area contributed by atoms with Gasteiger partial charge in [-0.2, -0.15) is 4.98 Å². The summed E-state index contributed by atoms with van der Waals surface area (Å²) in [5, 5.41) is 8.26. The number of fused-ring (bicyclic) bond motifs is 1. The van der Waals surface area contributed by atoms with Crippen LogP contribution in [0.15, 0.2) is 90.1 Å². The fourth-order valence-corrected chi connectivity index (χ4v) is 4.94. The van der Waals surface area contributed by atoms with E-state index in [-0.39, 0.29) is 11.8 Å². The molecule has 2 aliphatic rings. The van der Waals surface area contributed by atoms with Crippen LogP contribution in [0.3, 0.4) is 0 Å². The Morgan fingerprint density at radius 1 is 0.919 bits per heavy atom. The number of anilines is 1. The molecule has 2 heterocycles. The van der Waals surface area contributed by atoms with Gasteiger partial charge in [-0.1, -0.05) is 42.5 Å². The van der Waals surface area contributed by atoms with Gasteiger partial charge in [0.25, 0.3) is 0 Å². The second-order valence-electron chi connectivity index (χ2n) is 9.20. The first kappa shape index (κ1) is 23.0.